The highest BCUT2D eigenvalue weighted by atomic mass is 32.2. The van der Waals surface area contributed by atoms with E-state index in [9.17, 15) is 23.2 Å². The van der Waals surface area contributed by atoms with Gasteiger partial charge in [0.2, 0.25) is 0 Å². The molecule has 0 fully saturated rings. The second-order valence-electron chi connectivity index (χ2n) is 7.01. The Morgan fingerprint density at radius 2 is 1.81 bits per heavy atom. The first-order valence-corrected chi connectivity index (χ1v) is 10.7. The summed E-state index contributed by atoms with van der Waals surface area (Å²) < 4.78 is 42.5. The number of thioether (sulfide) groups is 1. The monoisotopic (exact) mass is 454 g/mol. The highest BCUT2D eigenvalue weighted by Gasteiger charge is 2.36. The molecule has 0 unspecified atom stereocenters. The van der Waals surface area contributed by atoms with Crippen LogP contribution in [-0.4, -0.2) is 20.3 Å². The number of hydrogen-bond donors (Lipinski definition) is 1. The minimum atomic E-state index is -4.68. The summed E-state index contributed by atoms with van der Waals surface area (Å²) in [5.41, 5.74) is 0.475. The van der Waals surface area contributed by atoms with E-state index in [4.69, 9.17) is 0 Å². The van der Waals surface area contributed by atoms with Crippen molar-refractivity contribution in [3.8, 4) is 17.3 Å². The van der Waals surface area contributed by atoms with Gasteiger partial charge >= 0.3 is 11.9 Å². The summed E-state index contributed by atoms with van der Waals surface area (Å²) >= 11 is 1.08. The number of nitriles is 1. The molecular weight excluding hydrogens is 437 g/mol. The SMILES string of the molecule is N#Cc1c(C(F)(F)F)cc(-c2ccccc2)nc1SCCCn1c(=O)[nH]c2ccccc21. The van der Waals surface area contributed by atoms with Gasteiger partial charge in [-0.3, -0.25) is 4.57 Å². The summed E-state index contributed by atoms with van der Waals surface area (Å²) in [4.78, 5) is 19.3. The number of aromatic amines is 1. The van der Waals surface area contributed by atoms with Gasteiger partial charge < -0.3 is 4.98 Å². The van der Waals surface area contributed by atoms with Crippen LogP contribution >= 0.6 is 11.8 Å². The van der Waals surface area contributed by atoms with Crippen LogP contribution in [0.15, 0.2) is 70.5 Å². The molecule has 5 nitrogen and oxygen atoms in total. The van der Waals surface area contributed by atoms with E-state index < -0.39 is 17.3 Å². The molecule has 32 heavy (non-hydrogen) atoms. The molecule has 0 radical (unpaired) electrons. The fourth-order valence-corrected chi connectivity index (χ4v) is 4.36. The van der Waals surface area contributed by atoms with Crippen molar-refractivity contribution in [2.45, 2.75) is 24.2 Å². The van der Waals surface area contributed by atoms with Crippen LogP contribution in [0.25, 0.3) is 22.3 Å². The average Bonchev–Trinajstić information content (AvgIpc) is 3.11. The van der Waals surface area contributed by atoms with Crippen LogP contribution in [0.5, 0.6) is 0 Å². The smallest absolute Gasteiger partial charge is 0.306 e. The molecule has 0 aliphatic heterocycles. The van der Waals surface area contributed by atoms with Crippen LogP contribution in [0.2, 0.25) is 0 Å². The Kier molecular flexibility index (Phi) is 6.06. The minimum absolute atomic E-state index is 0.0347. The summed E-state index contributed by atoms with van der Waals surface area (Å²) in [6, 6.07) is 18.4. The van der Waals surface area contributed by atoms with Crippen molar-refractivity contribution in [1.29, 1.82) is 5.26 Å². The van der Waals surface area contributed by atoms with Crippen molar-refractivity contribution >= 4 is 22.8 Å². The van der Waals surface area contributed by atoms with E-state index in [-0.39, 0.29) is 16.4 Å². The number of halogens is 3. The second-order valence-corrected chi connectivity index (χ2v) is 8.10. The molecule has 2 heterocycles. The van der Waals surface area contributed by atoms with Crippen molar-refractivity contribution in [2.24, 2.45) is 0 Å². The zero-order chi connectivity index (χ0) is 22.7. The van der Waals surface area contributed by atoms with Crippen LogP contribution in [0.3, 0.4) is 0 Å². The molecule has 162 valence electrons. The summed E-state index contributed by atoms with van der Waals surface area (Å²) in [6.07, 6.45) is -4.17. The van der Waals surface area contributed by atoms with E-state index in [0.717, 1.165) is 28.9 Å². The Bertz CT molecular complexity index is 1350. The third-order valence-electron chi connectivity index (χ3n) is 4.92. The molecular formula is C23H17F3N4OS. The number of imidazole rings is 1. The normalized spacial score (nSPS) is 11.6. The van der Waals surface area contributed by atoms with Crippen LogP contribution in [0, 0.1) is 11.3 Å². The van der Waals surface area contributed by atoms with Gasteiger partial charge in [-0.05, 0) is 24.6 Å². The van der Waals surface area contributed by atoms with Gasteiger partial charge in [0.1, 0.15) is 11.1 Å². The molecule has 9 heteroatoms. The van der Waals surface area contributed by atoms with Crippen LogP contribution in [0.1, 0.15) is 17.5 Å². The van der Waals surface area contributed by atoms with Gasteiger partial charge in [-0.2, -0.15) is 18.4 Å². The molecule has 0 spiro atoms. The van der Waals surface area contributed by atoms with E-state index >= 15 is 0 Å². The predicted octanol–water partition coefficient (Wildman–Crippen LogP) is 5.46. The Morgan fingerprint density at radius 3 is 2.53 bits per heavy atom. The van der Waals surface area contributed by atoms with Gasteiger partial charge in [0.15, 0.2) is 0 Å². The molecule has 1 N–H and O–H groups in total. The van der Waals surface area contributed by atoms with Gasteiger partial charge in [0.05, 0.1) is 27.9 Å². The number of pyridine rings is 1. The number of H-pyrrole nitrogens is 1. The first-order valence-electron chi connectivity index (χ1n) is 9.76. The topological polar surface area (TPSA) is 74.5 Å². The van der Waals surface area contributed by atoms with E-state index in [0.29, 0.717) is 24.3 Å². The quantitative estimate of drug-likeness (QED) is 0.310. The number of para-hydroxylation sites is 2. The predicted molar refractivity (Wildman–Crippen MR) is 117 cm³/mol. The lowest BCUT2D eigenvalue weighted by Gasteiger charge is -2.14. The Labute approximate surface area is 185 Å². The molecule has 0 aliphatic rings. The van der Waals surface area contributed by atoms with Crippen molar-refractivity contribution in [1.82, 2.24) is 14.5 Å². The zero-order valence-electron chi connectivity index (χ0n) is 16.7. The van der Waals surface area contributed by atoms with E-state index in [2.05, 4.69) is 9.97 Å². The number of nitrogens with zero attached hydrogens (tertiary/aromatic N) is 3. The van der Waals surface area contributed by atoms with E-state index in [1.165, 1.54) is 0 Å². The summed E-state index contributed by atoms with van der Waals surface area (Å²) in [5, 5.41) is 9.47. The third-order valence-corrected chi connectivity index (χ3v) is 5.98. The molecule has 0 atom stereocenters. The van der Waals surface area contributed by atoms with Crippen molar-refractivity contribution in [3.05, 3.63) is 82.3 Å². The first-order chi connectivity index (χ1) is 15.4. The van der Waals surface area contributed by atoms with Crippen LogP contribution in [0.4, 0.5) is 13.2 Å². The van der Waals surface area contributed by atoms with Crippen LogP contribution in [-0.2, 0) is 12.7 Å². The molecule has 0 bridgehead atoms. The molecule has 4 rings (SSSR count). The third kappa shape index (κ3) is 4.41. The summed E-state index contributed by atoms with van der Waals surface area (Å²) in [7, 11) is 0. The van der Waals surface area contributed by atoms with Crippen LogP contribution < -0.4 is 5.69 Å². The van der Waals surface area contributed by atoms with Crippen molar-refractivity contribution in [3.63, 3.8) is 0 Å². The molecule has 0 amide bonds. The van der Waals surface area contributed by atoms with Gasteiger partial charge in [-0.1, -0.05) is 42.5 Å². The molecule has 2 aromatic heterocycles. The molecule has 0 saturated heterocycles. The lowest BCUT2D eigenvalue weighted by atomic mass is 10.1. The maximum Gasteiger partial charge on any atom is 0.417 e. The van der Waals surface area contributed by atoms with Gasteiger partial charge in [0, 0.05) is 17.9 Å². The molecule has 2 aromatic carbocycles. The summed E-state index contributed by atoms with van der Waals surface area (Å²) in [5.74, 6) is 0.392. The molecule has 0 aliphatic carbocycles. The van der Waals surface area contributed by atoms with Crippen molar-refractivity contribution in [2.75, 3.05) is 5.75 Å². The van der Waals surface area contributed by atoms with Gasteiger partial charge in [0.25, 0.3) is 0 Å². The molecule has 0 saturated carbocycles. The second kappa shape index (κ2) is 8.93. The Hall–Kier alpha value is -3.51. The van der Waals surface area contributed by atoms with E-state index in [1.54, 1.807) is 47.0 Å². The molecule has 4 aromatic rings. The number of fused-ring (bicyclic) bond motifs is 1. The highest BCUT2D eigenvalue weighted by Crippen LogP contribution is 2.38. The Balaban J connectivity index is 1.59. The highest BCUT2D eigenvalue weighted by molar-refractivity contribution is 7.99. The van der Waals surface area contributed by atoms with Gasteiger partial charge in [-0.25, -0.2) is 9.78 Å². The lowest BCUT2D eigenvalue weighted by Crippen LogP contribution is -2.17. The fraction of sp³-hybridized carbons (Fsp3) is 0.174. The first kappa shape index (κ1) is 21.7. The number of alkyl halides is 3. The maximum atomic E-state index is 13.6. The van der Waals surface area contributed by atoms with Crippen molar-refractivity contribution < 1.29 is 13.2 Å². The van der Waals surface area contributed by atoms with E-state index in [1.807, 2.05) is 18.2 Å². The number of hydrogen-bond acceptors (Lipinski definition) is 4. The number of aryl methyl sites for hydroxylation is 1. The standard InChI is InChI=1S/C23H17F3N4OS/c24-23(25,26)17-13-19(15-7-2-1-3-8-15)28-21(16(17)14-27)32-12-6-11-30-20-10-5-4-9-18(20)29-22(30)31/h1-5,7-10,13H,6,11-12H2,(H,29,31). The maximum absolute atomic E-state index is 13.6. The lowest BCUT2D eigenvalue weighted by molar-refractivity contribution is -0.138. The Morgan fingerprint density at radius 1 is 1.09 bits per heavy atom. The number of rotatable bonds is 6. The largest absolute Gasteiger partial charge is 0.417 e. The minimum Gasteiger partial charge on any atom is -0.306 e. The number of aromatic nitrogens is 3. The zero-order valence-corrected chi connectivity index (χ0v) is 17.5. The van der Waals surface area contributed by atoms with Gasteiger partial charge in [-0.15, -0.1) is 11.8 Å². The number of nitrogens with one attached hydrogen (secondary N) is 1. The number of benzene rings is 2. The average molecular weight is 454 g/mol. The fourth-order valence-electron chi connectivity index (χ4n) is 3.43. The summed E-state index contributed by atoms with van der Waals surface area (Å²) in [6.45, 7) is 0.391.